The fraction of sp³-hybridized carbons (Fsp3) is 0.263. The van der Waals surface area contributed by atoms with E-state index < -0.39 is 0 Å². The Balaban J connectivity index is 1.87. The van der Waals surface area contributed by atoms with Gasteiger partial charge in [0.15, 0.2) is 0 Å². The number of ether oxygens (including phenoxy) is 1. The summed E-state index contributed by atoms with van der Waals surface area (Å²) in [5.74, 6) is 1.23. The van der Waals surface area contributed by atoms with Gasteiger partial charge in [-0.25, -0.2) is 4.39 Å². The standard InChI is InChI=1S/C19H17FO2S/c20-14-5-3-13(4-6-14)17-12-19(9-1-2-10-19)21-18-11-15(22-23)7-8-16(17)18/h3-8,11-12,23H,1-2,9-10H2. The Hall–Kier alpha value is -1.94. The Bertz CT molecular complexity index is 761. The van der Waals surface area contributed by atoms with E-state index in [1.165, 1.54) is 12.1 Å². The van der Waals surface area contributed by atoms with Crippen LogP contribution in [0.3, 0.4) is 0 Å². The van der Waals surface area contributed by atoms with Crippen molar-refractivity contribution >= 4 is 18.5 Å². The van der Waals surface area contributed by atoms with Crippen molar-refractivity contribution in [1.82, 2.24) is 0 Å². The lowest BCUT2D eigenvalue weighted by molar-refractivity contribution is 0.124. The van der Waals surface area contributed by atoms with Crippen LogP contribution >= 0.6 is 12.9 Å². The van der Waals surface area contributed by atoms with E-state index in [0.29, 0.717) is 5.75 Å². The van der Waals surface area contributed by atoms with E-state index in [4.69, 9.17) is 8.92 Å². The van der Waals surface area contributed by atoms with Crippen molar-refractivity contribution < 1.29 is 13.3 Å². The molecule has 1 spiro atoms. The number of benzene rings is 2. The molecule has 2 nitrogen and oxygen atoms in total. The van der Waals surface area contributed by atoms with E-state index >= 15 is 0 Å². The van der Waals surface area contributed by atoms with Gasteiger partial charge >= 0.3 is 0 Å². The van der Waals surface area contributed by atoms with Gasteiger partial charge in [0.2, 0.25) is 0 Å². The van der Waals surface area contributed by atoms with Gasteiger partial charge in [0.05, 0.1) is 0 Å². The SMILES string of the molecule is Fc1ccc(C2=CC3(CCCC3)Oc3cc(OS)ccc32)cc1. The molecule has 1 heterocycles. The second kappa shape index (κ2) is 5.60. The molecule has 1 aliphatic heterocycles. The summed E-state index contributed by atoms with van der Waals surface area (Å²) in [4.78, 5) is 0. The van der Waals surface area contributed by atoms with Gasteiger partial charge in [-0.1, -0.05) is 12.1 Å². The number of rotatable bonds is 2. The molecule has 0 atom stereocenters. The van der Waals surface area contributed by atoms with Crippen molar-refractivity contribution in [2.24, 2.45) is 0 Å². The first-order valence-corrected chi connectivity index (χ1v) is 8.19. The maximum atomic E-state index is 13.3. The predicted octanol–water partition coefficient (Wildman–Crippen LogP) is 5.19. The molecule has 23 heavy (non-hydrogen) atoms. The van der Waals surface area contributed by atoms with Crippen molar-refractivity contribution in [3.05, 3.63) is 65.5 Å². The summed E-state index contributed by atoms with van der Waals surface area (Å²) in [6.07, 6.45) is 6.54. The molecule has 0 N–H and O–H groups in total. The summed E-state index contributed by atoms with van der Waals surface area (Å²) < 4.78 is 24.6. The Kier molecular flexibility index (Phi) is 3.57. The number of fused-ring (bicyclic) bond motifs is 1. The molecule has 2 aliphatic rings. The van der Waals surface area contributed by atoms with Crippen molar-refractivity contribution in [2.75, 3.05) is 0 Å². The molecule has 4 rings (SSSR count). The predicted molar refractivity (Wildman–Crippen MR) is 91.4 cm³/mol. The van der Waals surface area contributed by atoms with E-state index in [1.54, 1.807) is 0 Å². The van der Waals surface area contributed by atoms with Crippen LogP contribution in [-0.4, -0.2) is 5.60 Å². The fourth-order valence-corrected chi connectivity index (χ4v) is 3.66. The lowest BCUT2D eigenvalue weighted by Gasteiger charge is -2.34. The zero-order chi connectivity index (χ0) is 15.9. The minimum atomic E-state index is -0.258. The molecule has 0 bridgehead atoms. The quantitative estimate of drug-likeness (QED) is 0.604. The van der Waals surface area contributed by atoms with Crippen LogP contribution in [0.2, 0.25) is 0 Å². The normalized spacial score (nSPS) is 18.3. The number of thiol groups is 1. The highest BCUT2D eigenvalue weighted by Crippen LogP contribution is 2.46. The molecular weight excluding hydrogens is 311 g/mol. The summed E-state index contributed by atoms with van der Waals surface area (Å²) in [6.45, 7) is 0. The molecule has 118 valence electrons. The van der Waals surface area contributed by atoms with Gasteiger partial charge in [-0.15, -0.1) is 0 Å². The molecule has 4 heteroatoms. The second-order valence-electron chi connectivity index (χ2n) is 6.19. The van der Waals surface area contributed by atoms with Crippen molar-refractivity contribution in [3.63, 3.8) is 0 Å². The molecule has 1 saturated carbocycles. The monoisotopic (exact) mass is 328 g/mol. The summed E-state index contributed by atoms with van der Waals surface area (Å²) in [6, 6.07) is 12.3. The van der Waals surface area contributed by atoms with E-state index in [2.05, 4.69) is 19.0 Å². The van der Waals surface area contributed by atoms with Gasteiger partial charge in [0, 0.05) is 24.5 Å². The third-order valence-electron chi connectivity index (χ3n) is 4.67. The van der Waals surface area contributed by atoms with Gasteiger partial charge in [-0.3, -0.25) is 0 Å². The fourth-order valence-electron chi connectivity index (χ4n) is 3.54. The minimum Gasteiger partial charge on any atom is -0.482 e. The summed E-state index contributed by atoms with van der Waals surface area (Å²) in [7, 11) is 0. The Morgan fingerprint density at radius 1 is 1.04 bits per heavy atom. The topological polar surface area (TPSA) is 18.5 Å². The van der Waals surface area contributed by atoms with Gasteiger partial charge in [-0.05, 0) is 67.2 Å². The van der Waals surface area contributed by atoms with Crippen LogP contribution in [0.5, 0.6) is 11.5 Å². The maximum Gasteiger partial charge on any atom is 0.140 e. The van der Waals surface area contributed by atoms with E-state index in [9.17, 15) is 4.39 Å². The third-order valence-corrected chi connectivity index (χ3v) is 4.89. The zero-order valence-corrected chi connectivity index (χ0v) is 13.5. The highest BCUT2D eigenvalue weighted by Gasteiger charge is 2.38. The average Bonchev–Trinajstić information content (AvgIpc) is 3.02. The average molecular weight is 328 g/mol. The summed E-state index contributed by atoms with van der Waals surface area (Å²) in [5, 5.41) is 0. The van der Waals surface area contributed by atoms with Crippen LogP contribution in [0.4, 0.5) is 4.39 Å². The van der Waals surface area contributed by atoms with Crippen LogP contribution in [0, 0.1) is 5.82 Å². The van der Waals surface area contributed by atoms with Crippen LogP contribution in [-0.2, 0) is 0 Å². The maximum absolute atomic E-state index is 13.3. The molecule has 0 aromatic heterocycles. The Labute approximate surface area is 140 Å². The van der Waals surface area contributed by atoms with Crippen LogP contribution in [0.15, 0.2) is 48.5 Å². The minimum absolute atomic E-state index is 0.226. The van der Waals surface area contributed by atoms with Crippen LogP contribution < -0.4 is 8.92 Å². The van der Waals surface area contributed by atoms with Gasteiger partial charge in [0.1, 0.15) is 22.9 Å². The number of halogens is 1. The smallest absolute Gasteiger partial charge is 0.140 e. The number of hydrogen-bond acceptors (Lipinski definition) is 3. The number of hydrogen-bond donors (Lipinski definition) is 1. The zero-order valence-electron chi connectivity index (χ0n) is 12.6. The van der Waals surface area contributed by atoms with Crippen molar-refractivity contribution in [3.8, 4) is 11.5 Å². The lowest BCUT2D eigenvalue weighted by Crippen LogP contribution is -2.33. The van der Waals surface area contributed by atoms with Crippen LogP contribution in [0.25, 0.3) is 5.57 Å². The first-order chi connectivity index (χ1) is 11.2. The molecule has 0 amide bonds. The molecular formula is C19H17FO2S. The highest BCUT2D eigenvalue weighted by atomic mass is 32.1. The van der Waals surface area contributed by atoms with Crippen molar-refractivity contribution in [2.45, 2.75) is 31.3 Å². The van der Waals surface area contributed by atoms with Crippen molar-refractivity contribution in [1.29, 1.82) is 0 Å². The first-order valence-electron chi connectivity index (χ1n) is 7.83. The molecule has 0 saturated heterocycles. The van der Waals surface area contributed by atoms with E-state index in [0.717, 1.165) is 48.1 Å². The first kappa shape index (κ1) is 14.6. The molecule has 1 fully saturated rings. The molecule has 2 aromatic carbocycles. The molecule has 0 unspecified atom stereocenters. The Morgan fingerprint density at radius 3 is 2.48 bits per heavy atom. The second-order valence-corrected chi connectivity index (χ2v) is 6.37. The molecule has 0 radical (unpaired) electrons. The summed E-state index contributed by atoms with van der Waals surface area (Å²) in [5.41, 5.74) is 2.84. The highest BCUT2D eigenvalue weighted by molar-refractivity contribution is 7.75. The van der Waals surface area contributed by atoms with Gasteiger partial charge in [0.25, 0.3) is 0 Å². The largest absolute Gasteiger partial charge is 0.482 e. The Morgan fingerprint density at radius 2 is 1.78 bits per heavy atom. The van der Waals surface area contributed by atoms with E-state index in [1.807, 2.05) is 30.3 Å². The molecule has 1 aliphatic carbocycles. The van der Waals surface area contributed by atoms with Gasteiger partial charge < -0.3 is 8.92 Å². The van der Waals surface area contributed by atoms with Gasteiger partial charge in [-0.2, -0.15) is 0 Å². The van der Waals surface area contributed by atoms with Crippen LogP contribution in [0.1, 0.15) is 36.8 Å². The third kappa shape index (κ3) is 2.61. The lowest BCUT2D eigenvalue weighted by atomic mass is 9.87. The molecule has 2 aromatic rings. The van der Waals surface area contributed by atoms with E-state index in [-0.39, 0.29) is 11.4 Å². The summed E-state index contributed by atoms with van der Waals surface area (Å²) >= 11 is 3.87.